The van der Waals surface area contributed by atoms with E-state index in [1.54, 1.807) is 13.0 Å². The number of aromatic nitrogens is 1. The number of rotatable bonds is 9. The van der Waals surface area contributed by atoms with E-state index in [1.165, 1.54) is 24.3 Å². The van der Waals surface area contributed by atoms with Crippen molar-refractivity contribution in [3.05, 3.63) is 71.2 Å². The number of nitrogens with zero attached hydrogens (tertiary/aromatic N) is 1. The first-order valence-corrected chi connectivity index (χ1v) is 13.7. The number of hydrogen-bond donors (Lipinski definition) is 4. The van der Waals surface area contributed by atoms with Gasteiger partial charge < -0.3 is 30.9 Å². The Morgan fingerprint density at radius 1 is 1.07 bits per heavy atom. The quantitative estimate of drug-likeness (QED) is 0.267. The second-order valence-electron chi connectivity index (χ2n) is 11.4. The molecule has 2 aliphatic carbocycles. The predicted molar refractivity (Wildman–Crippen MR) is 146 cm³/mol. The molecule has 3 aliphatic rings. The van der Waals surface area contributed by atoms with Crippen molar-refractivity contribution < 1.29 is 36.9 Å². The Morgan fingerprint density at radius 3 is 2.33 bits per heavy atom. The Labute approximate surface area is 239 Å². The topological polar surface area (TPSA) is 119 Å². The van der Waals surface area contributed by atoms with Crippen LogP contribution in [0.3, 0.4) is 0 Å². The molecule has 2 heterocycles. The molecule has 0 spiro atoms. The summed E-state index contributed by atoms with van der Waals surface area (Å²) in [5.41, 5.74) is 2.09. The molecule has 2 saturated carbocycles. The van der Waals surface area contributed by atoms with Gasteiger partial charge in [0.2, 0.25) is 5.60 Å². The largest absolute Gasteiger partial charge is 0.487 e. The summed E-state index contributed by atoms with van der Waals surface area (Å²) in [5, 5.41) is 16.5. The Morgan fingerprint density at radius 2 is 1.71 bits per heavy atom. The molecule has 2 aromatic carbocycles. The zero-order valence-corrected chi connectivity index (χ0v) is 22.7. The maximum Gasteiger partial charge on any atom is 0.424 e. The molecule has 3 aromatic rings. The van der Waals surface area contributed by atoms with Gasteiger partial charge in [0.1, 0.15) is 5.82 Å². The monoisotopic (exact) mass is 586 g/mol. The number of hydrogen-bond acceptors (Lipinski definition) is 7. The molecule has 1 aromatic heterocycles. The Hall–Kier alpha value is -3.90. The summed E-state index contributed by atoms with van der Waals surface area (Å²) in [7, 11) is 0. The zero-order chi connectivity index (χ0) is 29.9. The average molecular weight is 587 g/mol. The van der Waals surface area contributed by atoms with Crippen molar-refractivity contribution in [2.24, 2.45) is 5.73 Å². The molecule has 42 heavy (non-hydrogen) atoms. The number of pyridine rings is 1. The minimum atomic E-state index is -5.24. The summed E-state index contributed by atoms with van der Waals surface area (Å²) in [6, 6.07) is 10.6. The highest BCUT2D eigenvalue weighted by molar-refractivity contribution is 5.95. The van der Waals surface area contributed by atoms with Crippen molar-refractivity contribution in [2.45, 2.75) is 62.1 Å². The average Bonchev–Trinajstić information content (AvgIpc) is 3.88. The van der Waals surface area contributed by atoms with Crippen molar-refractivity contribution in [3.63, 3.8) is 0 Å². The lowest BCUT2D eigenvalue weighted by molar-refractivity contribution is -0.265. The first-order valence-electron chi connectivity index (χ1n) is 13.7. The molecule has 2 fully saturated rings. The number of carbonyl (C=O) groups is 1. The number of amides is 1. The van der Waals surface area contributed by atoms with E-state index in [0.29, 0.717) is 28.3 Å². The van der Waals surface area contributed by atoms with E-state index < -0.39 is 41.3 Å². The van der Waals surface area contributed by atoms with Gasteiger partial charge in [0.15, 0.2) is 11.5 Å². The number of fused-ring (bicyclic) bond motifs is 1. The van der Waals surface area contributed by atoms with Crippen molar-refractivity contribution >= 4 is 11.6 Å². The van der Waals surface area contributed by atoms with Crippen LogP contribution in [0.4, 0.5) is 23.2 Å². The molecule has 5 N–H and O–H groups in total. The fraction of sp³-hybridized carbons (Fsp3) is 0.400. The number of nitrogens with two attached hydrogens (primary N) is 1. The number of anilines is 1. The van der Waals surface area contributed by atoms with E-state index >= 15 is 0 Å². The summed E-state index contributed by atoms with van der Waals surface area (Å²) in [4.78, 5) is 17.3. The first kappa shape index (κ1) is 28.2. The zero-order valence-electron chi connectivity index (χ0n) is 22.7. The number of alkyl halides is 3. The Bertz CT molecular complexity index is 1520. The molecule has 2 atom stereocenters. The van der Waals surface area contributed by atoms with E-state index in [0.717, 1.165) is 43.9 Å². The summed E-state index contributed by atoms with van der Waals surface area (Å²) < 4.78 is 69.1. The smallest absolute Gasteiger partial charge is 0.424 e. The first-order chi connectivity index (χ1) is 19.8. The normalized spacial score (nSPS) is 21.2. The van der Waals surface area contributed by atoms with E-state index in [2.05, 4.69) is 15.6 Å². The molecule has 222 valence electrons. The third-order valence-corrected chi connectivity index (χ3v) is 7.62. The van der Waals surface area contributed by atoms with Gasteiger partial charge in [-0.2, -0.15) is 13.2 Å². The van der Waals surface area contributed by atoms with Gasteiger partial charge in [-0.15, -0.1) is 0 Å². The third-order valence-electron chi connectivity index (χ3n) is 7.62. The Balaban J connectivity index is 1.32. The summed E-state index contributed by atoms with van der Waals surface area (Å²) >= 11 is 0. The number of halogens is 4. The molecule has 6 rings (SSSR count). The lowest BCUT2D eigenvalue weighted by atomic mass is 9.89. The summed E-state index contributed by atoms with van der Waals surface area (Å²) in [5.74, 6) is -0.555. The minimum absolute atomic E-state index is 0.00379. The second kappa shape index (κ2) is 10.1. The highest BCUT2D eigenvalue weighted by Gasteiger charge is 2.57. The molecule has 0 saturated heterocycles. The van der Waals surface area contributed by atoms with Crippen molar-refractivity contribution in [1.29, 1.82) is 0 Å². The summed E-state index contributed by atoms with van der Waals surface area (Å²) in [6.07, 6.45) is -1.59. The van der Waals surface area contributed by atoms with Gasteiger partial charge in [-0.3, -0.25) is 4.79 Å². The maximum atomic E-state index is 14.6. The van der Waals surface area contributed by atoms with Crippen molar-refractivity contribution in [1.82, 2.24) is 10.3 Å². The molecular weight excluding hydrogens is 556 g/mol. The number of aliphatic hydroxyl groups is 1. The lowest BCUT2D eigenvalue weighted by Crippen LogP contribution is -2.51. The van der Waals surface area contributed by atoms with Gasteiger partial charge in [0.25, 0.3) is 5.91 Å². The van der Waals surface area contributed by atoms with E-state index in [9.17, 15) is 27.5 Å². The van der Waals surface area contributed by atoms with Crippen LogP contribution in [-0.4, -0.2) is 47.5 Å². The van der Waals surface area contributed by atoms with Crippen LogP contribution in [0.25, 0.3) is 11.3 Å². The molecule has 1 amide bonds. The minimum Gasteiger partial charge on any atom is -0.487 e. The van der Waals surface area contributed by atoms with Gasteiger partial charge in [-0.05, 0) is 81.1 Å². The molecular formula is C30H30F4N4O4. The highest BCUT2D eigenvalue weighted by Crippen LogP contribution is 2.45. The molecule has 1 aliphatic heterocycles. The fourth-order valence-corrected chi connectivity index (χ4v) is 4.79. The Kier molecular flexibility index (Phi) is 6.81. The fourth-order valence-electron chi connectivity index (χ4n) is 4.79. The van der Waals surface area contributed by atoms with Crippen LogP contribution >= 0.6 is 0 Å². The van der Waals surface area contributed by atoms with E-state index in [4.69, 9.17) is 15.2 Å². The summed E-state index contributed by atoms with van der Waals surface area (Å²) in [6.45, 7) is 0.614. The van der Waals surface area contributed by atoms with Crippen molar-refractivity contribution in [3.8, 4) is 22.8 Å². The van der Waals surface area contributed by atoms with E-state index in [1.807, 2.05) is 0 Å². The van der Waals surface area contributed by atoms with Crippen molar-refractivity contribution in [2.75, 3.05) is 18.4 Å². The van der Waals surface area contributed by atoms with Gasteiger partial charge in [0, 0.05) is 23.2 Å². The molecule has 8 nitrogen and oxygen atoms in total. The highest BCUT2D eigenvalue weighted by atomic mass is 19.4. The van der Waals surface area contributed by atoms with Gasteiger partial charge >= 0.3 is 6.18 Å². The van der Waals surface area contributed by atoms with Crippen LogP contribution in [0, 0.1) is 5.82 Å². The molecule has 1 unspecified atom stereocenters. The van der Waals surface area contributed by atoms with Crippen LogP contribution < -0.4 is 25.8 Å². The molecule has 0 radical (unpaired) electrons. The lowest BCUT2D eigenvalue weighted by Gasteiger charge is -2.31. The van der Waals surface area contributed by atoms with Crippen LogP contribution in [0.5, 0.6) is 11.5 Å². The van der Waals surface area contributed by atoms with Gasteiger partial charge in [-0.25, -0.2) is 9.37 Å². The number of nitrogens with one attached hydrogen (secondary N) is 2. The number of benzene rings is 2. The van der Waals surface area contributed by atoms with Crippen LogP contribution in [0.1, 0.15) is 54.2 Å². The maximum absolute atomic E-state index is 14.6. The van der Waals surface area contributed by atoms with Crippen LogP contribution in [0.2, 0.25) is 0 Å². The van der Waals surface area contributed by atoms with Gasteiger partial charge in [-0.1, -0.05) is 0 Å². The van der Waals surface area contributed by atoms with Gasteiger partial charge in [0.05, 0.1) is 41.4 Å². The number of ether oxygens (including phenoxy) is 2. The van der Waals surface area contributed by atoms with Crippen LogP contribution in [0.15, 0.2) is 48.5 Å². The van der Waals surface area contributed by atoms with Crippen LogP contribution in [-0.2, 0) is 11.1 Å². The SMILES string of the molecule is C[C@@]1(N)CNc2c1cc(C(O)(CNC(=O)c1ccc(OC3CC3)c(OC3CC3)c1)C(F)(F)F)nc2-c1ccc(F)cc1. The molecule has 12 heteroatoms. The third kappa shape index (κ3) is 5.48. The molecule has 0 bridgehead atoms. The number of carbonyl (C=O) groups excluding carboxylic acids is 1. The van der Waals surface area contributed by atoms with E-state index in [-0.39, 0.29) is 30.0 Å². The second-order valence-corrected chi connectivity index (χ2v) is 11.4. The standard InChI is InChI=1S/C30H30F4N4O4/c1-28(35)14-36-26-21(28)13-24(38-25(26)16-2-5-18(31)6-3-16)29(40,30(32,33)34)15-37-27(39)17-4-11-22(41-19-7-8-19)23(12-17)42-20-9-10-20/h2-6,11-13,19-20,36,40H,7-10,14-15,35H2,1H3,(H,37,39)/t28-,29?/m1/s1. The predicted octanol–water partition coefficient (Wildman–Crippen LogP) is 4.75.